The van der Waals surface area contributed by atoms with Crippen molar-refractivity contribution in [2.45, 2.75) is 20.3 Å². The predicted octanol–water partition coefficient (Wildman–Crippen LogP) is 1.20. The third-order valence-corrected chi connectivity index (χ3v) is 3.21. The number of thiazole rings is 1. The van der Waals surface area contributed by atoms with Gasteiger partial charge in [0.15, 0.2) is 5.01 Å². The van der Waals surface area contributed by atoms with Crippen molar-refractivity contribution >= 4 is 11.3 Å². The second-order valence-electron chi connectivity index (χ2n) is 2.98. The Balaban J connectivity index is 2.42. The molecule has 2 heterocycles. The summed E-state index contributed by atoms with van der Waals surface area (Å²) in [6.45, 7) is 4.13. The fourth-order valence-corrected chi connectivity index (χ4v) is 2.15. The Hall–Kier alpha value is -1.30. The van der Waals surface area contributed by atoms with Crippen molar-refractivity contribution in [3.05, 3.63) is 10.6 Å². The molecule has 2 aromatic heterocycles. The quantitative estimate of drug-likeness (QED) is 0.746. The molecule has 0 fully saturated rings. The maximum atomic E-state index is 4.41. The van der Waals surface area contributed by atoms with E-state index >= 15 is 0 Å². The average Bonchev–Trinajstić information content (AvgIpc) is 2.71. The summed E-state index contributed by atoms with van der Waals surface area (Å²) in [5.74, 6) is 0.611. The number of hydrogen-bond acceptors (Lipinski definition) is 5. The topological polar surface area (TPSA) is 56.5 Å². The number of nitrogens with zero attached hydrogens (tertiary/aromatic N) is 5. The van der Waals surface area contributed by atoms with Crippen molar-refractivity contribution in [1.82, 2.24) is 25.2 Å². The van der Waals surface area contributed by atoms with E-state index in [1.165, 1.54) is 9.67 Å². The number of rotatable bonds is 2. The van der Waals surface area contributed by atoms with E-state index in [1.54, 1.807) is 18.4 Å². The fraction of sp³-hybridized carbons (Fsp3) is 0.500. The molecule has 0 atom stereocenters. The number of aryl methyl sites for hydroxylation is 3. The van der Waals surface area contributed by atoms with Gasteiger partial charge in [-0.2, -0.15) is 4.80 Å². The van der Waals surface area contributed by atoms with Crippen LogP contribution in [-0.2, 0) is 13.5 Å². The second-order valence-corrected chi connectivity index (χ2v) is 4.07. The van der Waals surface area contributed by atoms with Gasteiger partial charge in [-0.05, 0) is 18.6 Å². The molecule has 0 aliphatic heterocycles. The molecule has 0 bridgehead atoms. The van der Waals surface area contributed by atoms with Gasteiger partial charge in [0.25, 0.3) is 0 Å². The van der Waals surface area contributed by atoms with Crippen molar-refractivity contribution in [3.8, 4) is 10.8 Å². The first kappa shape index (κ1) is 9.26. The Labute approximate surface area is 85.8 Å². The van der Waals surface area contributed by atoms with Crippen LogP contribution in [0.15, 0.2) is 0 Å². The highest BCUT2D eigenvalue weighted by atomic mass is 32.1. The van der Waals surface area contributed by atoms with Gasteiger partial charge in [-0.3, -0.25) is 0 Å². The molecular weight excluding hydrogens is 198 g/mol. The highest BCUT2D eigenvalue weighted by Crippen LogP contribution is 2.24. The monoisotopic (exact) mass is 209 g/mol. The van der Waals surface area contributed by atoms with Gasteiger partial charge >= 0.3 is 0 Å². The van der Waals surface area contributed by atoms with Gasteiger partial charge in [0.2, 0.25) is 5.82 Å². The molecule has 6 heteroatoms. The van der Waals surface area contributed by atoms with Gasteiger partial charge in [0.1, 0.15) is 0 Å². The lowest BCUT2D eigenvalue weighted by molar-refractivity contribution is 0.630. The molecule has 0 saturated heterocycles. The number of aromatic nitrogens is 5. The van der Waals surface area contributed by atoms with E-state index in [0.717, 1.165) is 17.1 Å². The van der Waals surface area contributed by atoms with Crippen LogP contribution in [0, 0.1) is 6.92 Å². The van der Waals surface area contributed by atoms with Crippen LogP contribution < -0.4 is 0 Å². The molecular formula is C8H11N5S. The standard InChI is InChI=1S/C8H11N5S/c1-4-6-5(2)9-8(14-6)7-10-12-13(3)11-7/h4H2,1-3H3. The van der Waals surface area contributed by atoms with Crippen LogP contribution in [-0.4, -0.2) is 25.2 Å². The summed E-state index contributed by atoms with van der Waals surface area (Å²) < 4.78 is 0. The zero-order valence-corrected chi connectivity index (χ0v) is 9.17. The van der Waals surface area contributed by atoms with E-state index in [4.69, 9.17) is 0 Å². The zero-order chi connectivity index (χ0) is 10.1. The summed E-state index contributed by atoms with van der Waals surface area (Å²) in [7, 11) is 1.75. The molecule has 74 valence electrons. The molecule has 14 heavy (non-hydrogen) atoms. The average molecular weight is 209 g/mol. The summed E-state index contributed by atoms with van der Waals surface area (Å²) >= 11 is 1.64. The first-order chi connectivity index (χ1) is 6.70. The SMILES string of the molecule is CCc1sc(-c2nnn(C)n2)nc1C. The lowest BCUT2D eigenvalue weighted by Gasteiger charge is -1.85. The number of hydrogen-bond donors (Lipinski definition) is 0. The summed E-state index contributed by atoms with van der Waals surface area (Å²) in [4.78, 5) is 7.13. The smallest absolute Gasteiger partial charge is 0.233 e. The van der Waals surface area contributed by atoms with Crippen molar-refractivity contribution in [2.75, 3.05) is 0 Å². The molecule has 0 radical (unpaired) electrons. The van der Waals surface area contributed by atoms with Gasteiger partial charge in [-0.15, -0.1) is 21.5 Å². The maximum absolute atomic E-state index is 4.41. The van der Waals surface area contributed by atoms with Gasteiger partial charge in [-0.25, -0.2) is 4.98 Å². The van der Waals surface area contributed by atoms with Crippen molar-refractivity contribution in [1.29, 1.82) is 0 Å². The molecule has 0 aliphatic carbocycles. The minimum absolute atomic E-state index is 0.611. The van der Waals surface area contributed by atoms with E-state index in [9.17, 15) is 0 Å². The highest BCUT2D eigenvalue weighted by Gasteiger charge is 2.11. The molecule has 0 aromatic carbocycles. The summed E-state index contributed by atoms with van der Waals surface area (Å²) in [6, 6.07) is 0. The predicted molar refractivity (Wildman–Crippen MR) is 54.0 cm³/mol. The first-order valence-electron chi connectivity index (χ1n) is 4.41. The van der Waals surface area contributed by atoms with Crippen LogP contribution in [0.2, 0.25) is 0 Å². The van der Waals surface area contributed by atoms with Crippen LogP contribution in [0.1, 0.15) is 17.5 Å². The third kappa shape index (κ3) is 1.52. The Morgan fingerprint density at radius 2 is 2.21 bits per heavy atom. The third-order valence-electron chi connectivity index (χ3n) is 1.91. The second kappa shape index (κ2) is 3.45. The Kier molecular flexibility index (Phi) is 2.28. The highest BCUT2D eigenvalue weighted by molar-refractivity contribution is 7.15. The summed E-state index contributed by atoms with van der Waals surface area (Å²) in [6.07, 6.45) is 1.00. The van der Waals surface area contributed by atoms with Crippen LogP contribution in [0.4, 0.5) is 0 Å². The largest absolute Gasteiger partial charge is 0.238 e. The Morgan fingerprint density at radius 1 is 1.43 bits per heavy atom. The van der Waals surface area contributed by atoms with Gasteiger partial charge < -0.3 is 0 Å². The minimum Gasteiger partial charge on any atom is -0.238 e. The van der Waals surface area contributed by atoms with E-state index < -0.39 is 0 Å². The first-order valence-corrected chi connectivity index (χ1v) is 5.23. The van der Waals surface area contributed by atoms with E-state index in [0.29, 0.717) is 5.82 Å². The molecule has 0 aliphatic rings. The molecule has 0 amide bonds. The molecule has 0 unspecified atom stereocenters. The normalized spacial score (nSPS) is 10.8. The summed E-state index contributed by atoms with van der Waals surface area (Å²) in [5.41, 5.74) is 1.07. The summed E-state index contributed by atoms with van der Waals surface area (Å²) in [5, 5.41) is 12.7. The molecule has 0 spiro atoms. The molecule has 2 rings (SSSR count). The van der Waals surface area contributed by atoms with Gasteiger partial charge in [-0.1, -0.05) is 6.92 Å². The molecule has 0 N–H and O–H groups in total. The maximum Gasteiger partial charge on any atom is 0.233 e. The van der Waals surface area contributed by atoms with E-state index in [2.05, 4.69) is 27.3 Å². The lowest BCUT2D eigenvalue weighted by Crippen LogP contribution is -1.91. The Morgan fingerprint density at radius 3 is 2.71 bits per heavy atom. The number of tetrazole rings is 1. The van der Waals surface area contributed by atoms with Gasteiger partial charge in [0.05, 0.1) is 12.7 Å². The molecule has 0 saturated carbocycles. The minimum atomic E-state index is 0.611. The van der Waals surface area contributed by atoms with Crippen LogP contribution >= 0.6 is 11.3 Å². The van der Waals surface area contributed by atoms with Crippen LogP contribution in [0.5, 0.6) is 0 Å². The fourth-order valence-electron chi connectivity index (χ4n) is 1.22. The van der Waals surface area contributed by atoms with Crippen LogP contribution in [0.25, 0.3) is 10.8 Å². The molecule has 2 aromatic rings. The van der Waals surface area contributed by atoms with E-state index in [1.807, 2.05) is 6.92 Å². The van der Waals surface area contributed by atoms with Crippen molar-refractivity contribution in [3.63, 3.8) is 0 Å². The van der Waals surface area contributed by atoms with Gasteiger partial charge in [0, 0.05) is 4.88 Å². The van der Waals surface area contributed by atoms with Crippen LogP contribution in [0.3, 0.4) is 0 Å². The van der Waals surface area contributed by atoms with Crippen molar-refractivity contribution < 1.29 is 0 Å². The van der Waals surface area contributed by atoms with Crippen molar-refractivity contribution in [2.24, 2.45) is 7.05 Å². The molecule has 5 nitrogen and oxygen atoms in total. The Bertz CT molecular complexity index is 444. The van der Waals surface area contributed by atoms with E-state index in [-0.39, 0.29) is 0 Å². The lowest BCUT2D eigenvalue weighted by atomic mass is 10.3. The zero-order valence-electron chi connectivity index (χ0n) is 8.35.